The van der Waals surface area contributed by atoms with Gasteiger partial charge in [0.25, 0.3) is 0 Å². The number of primary amides is 2. The van der Waals surface area contributed by atoms with E-state index in [1.165, 1.54) is 0 Å². The van der Waals surface area contributed by atoms with Gasteiger partial charge in [-0.25, -0.2) is 4.79 Å². The van der Waals surface area contributed by atoms with Crippen molar-refractivity contribution >= 4 is 35.5 Å². The molecule has 0 bridgehead atoms. The van der Waals surface area contributed by atoms with Crippen molar-refractivity contribution in [1.82, 2.24) is 16.0 Å². The van der Waals surface area contributed by atoms with E-state index in [2.05, 4.69) is 16.0 Å². The molecule has 1 aromatic rings. The van der Waals surface area contributed by atoms with Crippen molar-refractivity contribution in [3.63, 3.8) is 0 Å². The van der Waals surface area contributed by atoms with E-state index in [1.807, 2.05) is 0 Å². The standard InChI is InChI=1S/C20H28N6O7/c21-12(9-16(23)28)18(30)24-10-17(29)25-14(8-11-4-2-1-3-5-11)19(31)26-13(20(32)33)6-7-15(22)27/h1-5,12-14H,6-10,21H2,(H2,22,27)(H2,23,28)(H,24,30)(H,25,29)(H,26,31)(H,32,33). The second-order valence-electron chi connectivity index (χ2n) is 7.21. The van der Waals surface area contributed by atoms with E-state index in [0.29, 0.717) is 5.56 Å². The molecule has 0 aromatic heterocycles. The van der Waals surface area contributed by atoms with Crippen molar-refractivity contribution in [3.8, 4) is 0 Å². The molecule has 10 N–H and O–H groups in total. The molecule has 0 radical (unpaired) electrons. The number of benzene rings is 1. The monoisotopic (exact) mass is 464 g/mol. The van der Waals surface area contributed by atoms with E-state index in [1.54, 1.807) is 30.3 Å². The molecule has 13 nitrogen and oxygen atoms in total. The van der Waals surface area contributed by atoms with Gasteiger partial charge in [-0.15, -0.1) is 0 Å². The Morgan fingerprint density at radius 2 is 1.52 bits per heavy atom. The molecule has 0 heterocycles. The summed E-state index contributed by atoms with van der Waals surface area (Å²) in [6.45, 7) is -0.548. The first-order valence-corrected chi connectivity index (χ1v) is 9.96. The van der Waals surface area contributed by atoms with Crippen LogP contribution in [0, 0.1) is 0 Å². The largest absolute Gasteiger partial charge is 0.480 e. The number of nitrogens with one attached hydrogen (secondary N) is 3. The topological polar surface area (TPSA) is 237 Å². The average Bonchev–Trinajstić information content (AvgIpc) is 2.74. The van der Waals surface area contributed by atoms with Crippen LogP contribution in [0.1, 0.15) is 24.8 Å². The molecular weight excluding hydrogens is 436 g/mol. The number of amides is 5. The fourth-order valence-corrected chi connectivity index (χ4v) is 2.73. The molecule has 0 aliphatic rings. The van der Waals surface area contributed by atoms with Gasteiger partial charge in [-0.05, 0) is 12.0 Å². The second-order valence-corrected chi connectivity index (χ2v) is 7.21. The minimum atomic E-state index is -1.40. The normalized spacial score (nSPS) is 13.1. The van der Waals surface area contributed by atoms with E-state index in [-0.39, 0.29) is 19.3 Å². The van der Waals surface area contributed by atoms with Gasteiger partial charge < -0.3 is 38.3 Å². The third kappa shape index (κ3) is 10.7. The minimum absolute atomic E-state index is 0.0235. The predicted octanol–water partition coefficient (Wildman–Crippen LogP) is -3.13. The van der Waals surface area contributed by atoms with Crippen LogP contribution in [-0.4, -0.2) is 65.3 Å². The van der Waals surface area contributed by atoms with Crippen LogP contribution in [-0.2, 0) is 35.2 Å². The first-order valence-electron chi connectivity index (χ1n) is 9.96. The Bertz CT molecular complexity index is 877. The highest BCUT2D eigenvalue weighted by molar-refractivity contribution is 5.93. The molecule has 13 heteroatoms. The second kappa shape index (κ2) is 13.4. The van der Waals surface area contributed by atoms with E-state index < -0.39 is 66.6 Å². The molecule has 0 aliphatic heterocycles. The molecule has 3 unspecified atom stereocenters. The van der Waals surface area contributed by atoms with Crippen LogP contribution in [0.2, 0.25) is 0 Å². The molecule has 0 aliphatic carbocycles. The number of nitrogens with two attached hydrogens (primary N) is 3. The Hall–Kier alpha value is -4.00. The summed E-state index contributed by atoms with van der Waals surface area (Å²) in [7, 11) is 0. The van der Waals surface area contributed by atoms with Gasteiger partial charge >= 0.3 is 5.97 Å². The lowest BCUT2D eigenvalue weighted by Gasteiger charge is -2.22. The van der Waals surface area contributed by atoms with Gasteiger partial charge in [0, 0.05) is 12.8 Å². The summed E-state index contributed by atoms with van der Waals surface area (Å²) in [5, 5.41) is 16.2. The summed E-state index contributed by atoms with van der Waals surface area (Å²) >= 11 is 0. The van der Waals surface area contributed by atoms with E-state index >= 15 is 0 Å². The first kappa shape index (κ1) is 27.0. The van der Waals surface area contributed by atoms with E-state index in [4.69, 9.17) is 17.2 Å². The first-order chi connectivity index (χ1) is 15.5. The number of carbonyl (C=O) groups excluding carboxylic acids is 5. The fraction of sp³-hybridized carbons (Fsp3) is 0.400. The fourth-order valence-electron chi connectivity index (χ4n) is 2.73. The van der Waals surface area contributed by atoms with E-state index in [9.17, 15) is 33.9 Å². The van der Waals surface area contributed by atoms with Crippen molar-refractivity contribution in [3.05, 3.63) is 35.9 Å². The molecular formula is C20H28N6O7. The summed E-state index contributed by atoms with van der Waals surface area (Å²) < 4.78 is 0. The Morgan fingerprint density at radius 1 is 0.879 bits per heavy atom. The Morgan fingerprint density at radius 3 is 2.06 bits per heavy atom. The molecule has 0 fully saturated rings. The Kier molecular flexibility index (Phi) is 11.0. The number of hydrogen-bond donors (Lipinski definition) is 7. The van der Waals surface area contributed by atoms with Crippen LogP contribution >= 0.6 is 0 Å². The number of rotatable bonds is 14. The molecule has 3 atom stereocenters. The summed E-state index contributed by atoms with van der Waals surface area (Å²) in [6.07, 6.45) is -0.870. The van der Waals surface area contributed by atoms with Crippen LogP contribution in [0.3, 0.4) is 0 Å². The van der Waals surface area contributed by atoms with Gasteiger partial charge in [0.2, 0.25) is 29.5 Å². The zero-order valence-corrected chi connectivity index (χ0v) is 17.8. The lowest BCUT2D eigenvalue weighted by Crippen LogP contribution is -2.54. The summed E-state index contributed by atoms with van der Waals surface area (Å²) in [4.78, 5) is 70.1. The molecule has 33 heavy (non-hydrogen) atoms. The SMILES string of the molecule is NC(=O)CCC(NC(=O)C(Cc1ccccc1)NC(=O)CNC(=O)C(N)CC(N)=O)C(=O)O. The molecule has 0 spiro atoms. The van der Waals surface area contributed by atoms with Crippen LogP contribution < -0.4 is 33.2 Å². The summed E-state index contributed by atoms with van der Waals surface area (Å²) in [5.74, 6) is -5.23. The van der Waals surface area contributed by atoms with Crippen LogP contribution in [0.4, 0.5) is 0 Å². The van der Waals surface area contributed by atoms with Crippen LogP contribution in [0.5, 0.6) is 0 Å². The van der Waals surface area contributed by atoms with Crippen LogP contribution in [0.15, 0.2) is 30.3 Å². The zero-order valence-electron chi connectivity index (χ0n) is 17.8. The van der Waals surface area contributed by atoms with E-state index in [0.717, 1.165) is 0 Å². The van der Waals surface area contributed by atoms with Gasteiger partial charge in [0.1, 0.15) is 12.1 Å². The van der Waals surface area contributed by atoms with Crippen LogP contribution in [0.25, 0.3) is 0 Å². The van der Waals surface area contributed by atoms with Crippen molar-refractivity contribution in [1.29, 1.82) is 0 Å². The van der Waals surface area contributed by atoms with Gasteiger partial charge in [0.05, 0.1) is 19.0 Å². The van der Waals surface area contributed by atoms with Crippen molar-refractivity contribution in [2.45, 2.75) is 43.8 Å². The molecule has 0 saturated heterocycles. The average molecular weight is 464 g/mol. The minimum Gasteiger partial charge on any atom is -0.480 e. The number of carboxylic acids is 1. The molecule has 0 saturated carbocycles. The molecule has 5 amide bonds. The highest BCUT2D eigenvalue weighted by atomic mass is 16.4. The number of carbonyl (C=O) groups is 6. The quantitative estimate of drug-likeness (QED) is 0.148. The zero-order chi connectivity index (χ0) is 25.0. The predicted molar refractivity (Wildman–Crippen MR) is 115 cm³/mol. The lowest BCUT2D eigenvalue weighted by molar-refractivity contribution is -0.142. The van der Waals surface area contributed by atoms with Gasteiger partial charge in [-0.2, -0.15) is 0 Å². The number of carboxylic acid groups (broad SMARTS) is 1. The van der Waals surface area contributed by atoms with Crippen molar-refractivity contribution in [2.24, 2.45) is 17.2 Å². The Labute approximate surface area is 189 Å². The lowest BCUT2D eigenvalue weighted by atomic mass is 10.0. The number of hydrogen-bond acceptors (Lipinski definition) is 7. The Balaban J connectivity index is 2.84. The van der Waals surface area contributed by atoms with Crippen molar-refractivity contribution in [2.75, 3.05) is 6.54 Å². The summed E-state index contributed by atoms with van der Waals surface area (Å²) in [6, 6.07) is 4.79. The number of aliphatic carboxylic acids is 1. The third-order valence-corrected chi connectivity index (χ3v) is 4.41. The third-order valence-electron chi connectivity index (χ3n) is 4.41. The van der Waals surface area contributed by atoms with Gasteiger partial charge in [-0.3, -0.25) is 24.0 Å². The maximum absolute atomic E-state index is 12.7. The maximum Gasteiger partial charge on any atom is 0.326 e. The highest BCUT2D eigenvalue weighted by Crippen LogP contribution is 2.05. The summed E-state index contributed by atoms with van der Waals surface area (Å²) in [5.41, 5.74) is 16.2. The van der Waals surface area contributed by atoms with Crippen molar-refractivity contribution < 1.29 is 33.9 Å². The smallest absolute Gasteiger partial charge is 0.326 e. The van der Waals surface area contributed by atoms with Gasteiger partial charge in [0.15, 0.2) is 0 Å². The molecule has 1 rings (SSSR count). The maximum atomic E-state index is 12.7. The van der Waals surface area contributed by atoms with Gasteiger partial charge in [-0.1, -0.05) is 30.3 Å². The molecule has 180 valence electrons. The highest BCUT2D eigenvalue weighted by Gasteiger charge is 2.27. The molecule has 1 aromatic carbocycles.